The number of amides is 3. The minimum absolute atomic E-state index is 0.0910. The van der Waals surface area contributed by atoms with E-state index in [-0.39, 0.29) is 17.7 Å². The van der Waals surface area contributed by atoms with E-state index in [4.69, 9.17) is 10.3 Å². The molecule has 1 fully saturated rings. The van der Waals surface area contributed by atoms with Crippen molar-refractivity contribution in [2.75, 3.05) is 18.4 Å². The summed E-state index contributed by atoms with van der Waals surface area (Å²) in [5, 5.41) is 11.7. The zero-order chi connectivity index (χ0) is 26.1. The largest absolute Gasteiger partial charge is 0.365 e. The van der Waals surface area contributed by atoms with Crippen LogP contribution >= 0.6 is 22.7 Å². The molecular weight excluding hydrogens is 510 g/mol. The van der Waals surface area contributed by atoms with E-state index in [2.05, 4.69) is 15.5 Å². The lowest BCUT2D eigenvalue weighted by molar-refractivity contribution is 0.0711. The van der Waals surface area contributed by atoms with Crippen molar-refractivity contribution < 1.29 is 18.9 Å². The van der Waals surface area contributed by atoms with Gasteiger partial charge in [-0.25, -0.2) is 4.98 Å². The number of benzene rings is 1. The lowest BCUT2D eigenvalue weighted by atomic mass is 9.96. The molecule has 0 saturated carbocycles. The Kier molecular flexibility index (Phi) is 6.90. The molecule has 3 N–H and O–H groups in total. The Balaban J connectivity index is 1.24. The summed E-state index contributed by atoms with van der Waals surface area (Å²) in [4.78, 5) is 44.3. The molecule has 3 aromatic heterocycles. The first-order valence-electron chi connectivity index (χ1n) is 11.8. The highest BCUT2D eigenvalue weighted by Crippen LogP contribution is 2.33. The fourth-order valence-electron chi connectivity index (χ4n) is 4.49. The summed E-state index contributed by atoms with van der Waals surface area (Å²) in [5.41, 5.74) is 8.69. The molecule has 1 aliphatic heterocycles. The minimum atomic E-state index is -0.577. The Morgan fingerprint density at radius 3 is 2.49 bits per heavy atom. The second kappa shape index (κ2) is 10.3. The number of nitrogens with one attached hydrogen (secondary N) is 1. The van der Waals surface area contributed by atoms with Crippen molar-refractivity contribution in [1.82, 2.24) is 15.0 Å². The third-order valence-electron chi connectivity index (χ3n) is 6.46. The van der Waals surface area contributed by atoms with Crippen LogP contribution in [0, 0.1) is 13.8 Å². The van der Waals surface area contributed by atoms with E-state index >= 15 is 0 Å². The third kappa shape index (κ3) is 4.92. The van der Waals surface area contributed by atoms with Crippen LogP contribution in [0.5, 0.6) is 0 Å². The molecule has 0 aliphatic carbocycles. The standard InChI is InChI=1S/C26H25N5O4S2/c1-14-12-36-25(19(14)22(27)32)29-23(33)18-13-37-24(28-18)17-8-10-31(11-9-17)26(34)20-15(2)35-30-21(20)16-6-4-3-5-7-16/h3-7,12-13,17H,8-11H2,1-2H3,(H2,27,32)(H,29,33). The number of aryl methyl sites for hydroxylation is 2. The molecule has 1 aliphatic rings. The summed E-state index contributed by atoms with van der Waals surface area (Å²) in [6, 6.07) is 9.53. The molecule has 190 valence electrons. The van der Waals surface area contributed by atoms with E-state index in [1.165, 1.54) is 22.7 Å². The second-order valence-corrected chi connectivity index (χ2v) is 10.7. The number of aromatic nitrogens is 2. The van der Waals surface area contributed by atoms with Gasteiger partial charge in [0.1, 0.15) is 27.7 Å². The first kappa shape index (κ1) is 24.8. The maximum atomic E-state index is 13.4. The first-order chi connectivity index (χ1) is 17.8. The normalized spacial score (nSPS) is 14.1. The zero-order valence-electron chi connectivity index (χ0n) is 20.3. The molecular formula is C26H25N5O4S2. The predicted molar refractivity (Wildman–Crippen MR) is 142 cm³/mol. The molecule has 1 saturated heterocycles. The lowest BCUT2D eigenvalue weighted by Crippen LogP contribution is -2.38. The smallest absolute Gasteiger partial charge is 0.275 e. The summed E-state index contributed by atoms with van der Waals surface area (Å²) >= 11 is 2.69. The molecule has 0 atom stereocenters. The van der Waals surface area contributed by atoms with Crippen molar-refractivity contribution in [3.63, 3.8) is 0 Å². The Hall–Kier alpha value is -3.83. The van der Waals surface area contributed by atoms with Gasteiger partial charge >= 0.3 is 0 Å². The molecule has 0 bridgehead atoms. The van der Waals surface area contributed by atoms with Gasteiger partial charge < -0.3 is 20.5 Å². The molecule has 4 heterocycles. The van der Waals surface area contributed by atoms with Gasteiger partial charge in [-0.05, 0) is 37.6 Å². The van der Waals surface area contributed by atoms with Gasteiger partial charge in [-0.2, -0.15) is 0 Å². The number of thiazole rings is 1. The number of carbonyl (C=O) groups excluding carboxylic acids is 3. The highest BCUT2D eigenvalue weighted by Gasteiger charge is 2.31. The second-order valence-electron chi connectivity index (χ2n) is 8.91. The van der Waals surface area contributed by atoms with Crippen molar-refractivity contribution >= 4 is 45.4 Å². The molecule has 0 radical (unpaired) electrons. The predicted octanol–water partition coefficient (Wildman–Crippen LogP) is 4.85. The van der Waals surface area contributed by atoms with E-state index in [1.807, 2.05) is 35.2 Å². The van der Waals surface area contributed by atoms with E-state index in [9.17, 15) is 14.4 Å². The maximum Gasteiger partial charge on any atom is 0.275 e. The Morgan fingerprint density at radius 1 is 1.05 bits per heavy atom. The molecule has 11 heteroatoms. The van der Waals surface area contributed by atoms with Gasteiger partial charge in [0.15, 0.2) is 0 Å². The maximum absolute atomic E-state index is 13.4. The average molecular weight is 536 g/mol. The van der Waals surface area contributed by atoms with Crippen molar-refractivity contribution in [2.45, 2.75) is 32.6 Å². The number of carbonyl (C=O) groups is 3. The molecule has 3 amide bonds. The number of piperidine rings is 1. The van der Waals surface area contributed by atoms with Crippen molar-refractivity contribution in [3.05, 3.63) is 74.2 Å². The Labute approximate surface area is 221 Å². The number of anilines is 1. The molecule has 0 unspecified atom stereocenters. The summed E-state index contributed by atoms with van der Waals surface area (Å²) in [7, 11) is 0. The van der Waals surface area contributed by atoms with E-state index in [0.29, 0.717) is 46.4 Å². The van der Waals surface area contributed by atoms with Gasteiger partial charge in [-0.3, -0.25) is 14.4 Å². The van der Waals surface area contributed by atoms with Crippen molar-refractivity contribution in [2.24, 2.45) is 5.73 Å². The quantitative estimate of drug-likeness (QED) is 0.363. The van der Waals surface area contributed by atoms with Crippen molar-refractivity contribution in [1.29, 1.82) is 0 Å². The molecule has 5 rings (SSSR count). The molecule has 9 nitrogen and oxygen atoms in total. The van der Waals surface area contributed by atoms with Crippen LogP contribution in [0.2, 0.25) is 0 Å². The first-order valence-corrected chi connectivity index (χ1v) is 13.5. The van der Waals surface area contributed by atoms with E-state index in [0.717, 1.165) is 29.0 Å². The van der Waals surface area contributed by atoms with Gasteiger partial charge in [0.05, 0.1) is 10.6 Å². The number of thiophene rings is 1. The summed E-state index contributed by atoms with van der Waals surface area (Å²) in [6.07, 6.45) is 1.47. The topological polar surface area (TPSA) is 131 Å². The van der Waals surface area contributed by atoms with Crippen LogP contribution in [0.1, 0.15) is 66.3 Å². The van der Waals surface area contributed by atoms with Crippen LogP contribution in [-0.4, -0.2) is 45.9 Å². The molecule has 4 aromatic rings. The van der Waals surface area contributed by atoms with Crippen LogP contribution in [0.25, 0.3) is 11.3 Å². The average Bonchev–Trinajstić information content (AvgIpc) is 3.63. The van der Waals surface area contributed by atoms with Gasteiger partial charge in [-0.1, -0.05) is 35.5 Å². The van der Waals surface area contributed by atoms with E-state index in [1.54, 1.807) is 24.6 Å². The number of hydrogen-bond acceptors (Lipinski definition) is 8. The van der Waals surface area contributed by atoms with Crippen LogP contribution < -0.4 is 11.1 Å². The minimum Gasteiger partial charge on any atom is -0.365 e. The Bertz CT molecular complexity index is 1470. The summed E-state index contributed by atoms with van der Waals surface area (Å²) in [5.74, 6) is -0.394. The highest BCUT2D eigenvalue weighted by molar-refractivity contribution is 7.15. The third-order valence-corrected chi connectivity index (χ3v) is 8.48. The van der Waals surface area contributed by atoms with Crippen molar-refractivity contribution in [3.8, 4) is 11.3 Å². The number of likely N-dealkylation sites (tertiary alicyclic amines) is 1. The van der Waals surface area contributed by atoms with Crippen LogP contribution in [0.15, 0.2) is 45.6 Å². The number of rotatable bonds is 6. The molecule has 0 spiro atoms. The Morgan fingerprint density at radius 2 is 1.78 bits per heavy atom. The zero-order valence-corrected chi connectivity index (χ0v) is 21.9. The monoisotopic (exact) mass is 535 g/mol. The fraction of sp³-hybridized carbons (Fsp3) is 0.269. The van der Waals surface area contributed by atoms with Gasteiger partial charge in [-0.15, -0.1) is 22.7 Å². The van der Waals surface area contributed by atoms with Crippen LogP contribution in [-0.2, 0) is 0 Å². The molecule has 37 heavy (non-hydrogen) atoms. The number of primary amides is 1. The lowest BCUT2D eigenvalue weighted by Gasteiger charge is -2.31. The number of nitrogens with two attached hydrogens (primary N) is 1. The SMILES string of the molecule is Cc1csc(NC(=O)c2csc(C3CCN(C(=O)c4c(-c5ccccc5)noc4C)CC3)n2)c1C(N)=O. The number of hydrogen-bond donors (Lipinski definition) is 2. The van der Waals surface area contributed by atoms with Gasteiger partial charge in [0.25, 0.3) is 17.7 Å². The molecule has 1 aromatic carbocycles. The highest BCUT2D eigenvalue weighted by atomic mass is 32.1. The number of nitrogens with zero attached hydrogens (tertiary/aromatic N) is 3. The van der Waals surface area contributed by atoms with Gasteiger partial charge in [0, 0.05) is 30.0 Å². The summed E-state index contributed by atoms with van der Waals surface area (Å²) < 4.78 is 5.37. The summed E-state index contributed by atoms with van der Waals surface area (Å²) in [6.45, 7) is 4.67. The van der Waals surface area contributed by atoms with E-state index < -0.39 is 5.91 Å². The fourth-order valence-corrected chi connectivity index (χ4v) is 6.41. The van der Waals surface area contributed by atoms with Gasteiger partial charge in [0.2, 0.25) is 0 Å². The van der Waals surface area contributed by atoms with Crippen LogP contribution in [0.4, 0.5) is 5.00 Å². The van der Waals surface area contributed by atoms with Crippen LogP contribution in [0.3, 0.4) is 0 Å².